The van der Waals surface area contributed by atoms with Crippen LogP contribution in [0.5, 0.6) is 17.2 Å². The van der Waals surface area contributed by atoms with E-state index in [1.807, 2.05) is 66.9 Å². The SMILES string of the molecule is COc1ccc(CCNC(=O)CC(c2ccccc2OC)c2c[nH]c3ccccc23)cc1OC. The number of rotatable bonds is 10. The minimum Gasteiger partial charge on any atom is -0.496 e. The van der Waals surface area contributed by atoms with Crippen LogP contribution in [0.1, 0.15) is 29.0 Å². The van der Waals surface area contributed by atoms with Gasteiger partial charge in [-0.2, -0.15) is 0 Å². The Kier molecular flexibility index (Phi) is 7.38. The lowest BCUT2D eigenvalue weighted by Gasteiger charge is -2.20. The normalized spacial score (nSPS) is 11.7. The number of methoxy groups -OCH3 is 3. The molecule has 4 rings (SSSR count). The Hall–Kier alpha value is -3.93. The minimum absolute atomic E-state index is 0.0123. The number of benzene rings is 3. The lowest BCUT2D eigenvalue weighted by atomic mass is 9.87. The van der Waals surface area contributed by atoms with Gasteiger partial charge in [-0.15, -0.1) is 0 Å². The van der Waals surface area contributed by atoms with Gasteiger partial charge < -0.3 is 24.5 Å². The fourth-order valence-electron chi connectivity index (χ4n) is 4.36. The van der Waals surface area contributed by atoms with Crippen molar-refractivity contribution in [1.29, 1.82) is 0 Å². The van der Waals surface area contributed by atoms with Crippen LogP contribution >= 0.6 is 0 Å². The quantitative estimate of drug-likeness (QED) is 0.348. The molecule has 0 saturated carbocycles. The Bertz CT molecular complexity index is 1260. The number of amides is 1. The Morgan fingerprint density at radius 2 is 1.59 bits per heavy atom. The third-order valence-electron chi connectivity index (χ3n) is 6.08. The van der Waals surface area contributed by atoms with Crippen molar-refractivity contribution in [3.63, 3.8) is 0 Å². The number of aromatic amines is 1. The maximum Gasteiger partial charge on any atom is 0.220 e. The van der Waals surface area contributed by atoms with Crippen LogP contribution in [0.3, 0.4) is 0 Å². The summed E-state index contributed by atoms with van der Waals surface area (Å²) in [6.07, 6.45) is 3.01. The van der Waals surface area contributed by atoms with Gasteiger partial charge in [0.25, 0.3) is 0 Å². The molecule has 0 radical (unpaired) electrons. The maximum absolute atomic E-state index is 13.1. The number of para-hydroxylation sites is 2. The van der Waals surface area contributed by atoms with E-state index < -0.39 is 0 Å². The molecule has 6 nitrogen and oxygen atoms in total. The molecule has 0 saturated heterocycles. The number of ether oxygens (including phenoxy) is 3. The highest BCUT2D eigenvalue weighted by atomic mass is 16.5. The zero-order chi connectivity index (χ0) is 23.9. The summed E-state index contributed by atoms with van der Waals surface area (Å²) < 4.78 is 16.3. The summed E-state index contributed by atoms with van der Waals surface area (Å²) in [7, 11) is 4.89. The zero-order valence-electron chi connectivity index (χ0n) is 19.8. The predicted molar refractivity (Wildman–Crippen MR) is 134 cm³/mol. The molecule has 1 amide bonds. The summed E-state index contributed by atoms with van der Waals surface area (Å²) >= 11 is 0. The number of hydrogen-bond acceptors (Lipinski definition) is 4. The van der Waals surface area contributed by atoms with Crippen molar-refractivity contribution in [2.24, 2.45) is 0 Å². The largest absolute Gasteiger partial charge is 0.496 e. The number of H-pyrrole nitrogens is 1. The van der Waals surface area contributed by atoms with Crippen LogP contribution in [0.4, 0.5) is 0 Å². The van der Waals surface area contributed by atoms with Gasteiger partial charge in [0, 0.05) is 41.5 Å². The van der Waals surface area contributed by atoms with Gasteiger partial charge >= 0.3 is 0 Å². The number of carbonyl (C=O) groups is 1. The Balaban J connectivity index is 1.51. The van der Waals surface area contributed by atoms with Crippen LogP contribution < -0.4 is 19.5 Å². The van der Waals surface area contributed by atoms with Gasteiger partial charge in [-0.05, 0) is 41.8 Å². The number of aromatic nitrogens is 1. The van der Waals surface area contributed by atoms with Crippen LogP contribution in [0.25, 0.3) is 10.9 Å². The van der Waals surface area contributed by atoms with Crippen molar-refractivity contribution in [3.05, 3.63) is 89.6 Å². The molecule has 176 valence electrons. The number of nitrogens with one attached hydrogen (secondary N) is 2. The molecule has 34 heavy (non-hydrogen) atoms. The van der Waals surface area contributed by atoms with Crippen molar-refractivity contribution in [2.75, 3.05) is 27.9 Å². The average Bonchev–Trinajstić information content (AvgIpc) is 3.31. The first-order valence-electron chi connectivity index (χ1n) is 11.3. The monoisotopic (exact) mass is 458 g/mol. The van der Waals surface area contributed by atoms with Crippen molar-refractivity contribution in [1.82, 2.24) is 10.3 Å². The minimum atomic E-state index is -0.145. The summed E-state index contributed by atoms with van der Waals surface area (Å²) in [6, 6.07) is 21.8. The molecule has 0 bridgehead atoms. The zero-order valence-corrected chi connectivity index (χ0v) is 19.8. The predicted octanol–water partition coefficient (Wildman–Crippen LogP) is 5.07. The van der Waals surface area contributed by atoms with E-state index in [9.17, 15) is 4.79 Å². The van der Waals surface area contributed by atoms with Crippen molar-refractivity contribution >= 4 is 16.8 Å². The van der Waals surface area contributed by atoms with Crippen LogP contribution in [0, 0.1) is 0 Å². The highest BCUT2D eigenvalue weighted by molar-refractivity contribution is 5.86. The first kappa shape index (κ1) is 23.2. The van der Waals surface area contributed by atoms with Gasteiger partial charge in [-0.25, -0.2) is 0 Å². The molecule has 0 aliphatic heterocycles. The van der Waals surface area contributed by atoms with E-state index in [-0.39, 0.29) is 11.8 Å². The van der Waals surface area contributed by atoms with Gasteiger partial charge in [0.15, 0.2) is 11.5 Å². The van der Waals surface area contributed by atoms with Gasteiger partial charge in [0.05, 0.1) is 21.3 Å². The van der Waals surface area contributed by atoms with E-state index in [0.29, 0.717) is 30.9 Å². The van der Waals surface area contributed by atoms with E-state index in [4.69, 9.17) is 14.2 Å². The summed E-state index contributed by atoms with van der Waals surface area (Å²) in [6.45, 7) is 0.529. The van der Waals surface area contributed by atoms with Crippen LogP contribution in [-0.2, 0) is 11.2 Å². The summed E-state index contributed by atoms with van der Waals surface area (Å²) in [4.78, 5) is 16.4. The molecule has 1 unspecified atom stereocenters. The second-order valence-corrected chi connectivity index (χ2v) is 8.08. The highest BCUT2D eigenvalue weighted by Crippen LogP contribution is 2.37. The topological polar surface area (TPSA) is 72.6 Å². The smallest absolute Gasteiger partial charge is 0.220 e. The van der Waals surface area contributed by atoms with Crippen molar-refractivity contribution in [2.45, 2.75) is 18.8 Å². The molecule has 1 heterocycles. The molecule has 2 N–H and O–H groups in total. The molecule has 3 aromatic carbocycles. The molecule has 0 aliphatic carbocycles. The molecule has 1 atom stereocenters. The van der Waals surface area contributed by atoms with Crippen molar-refractivity contribution in [3.8, 4) is 17.2 Å². The summed E-state index contributed by atoms with van der Waals surface area (Å²) in [5.41, 5.74) is 4.18. The number of hydrogen-bond donors (Lipinski definition) is 2. The molecule has 0 fully saturated rings. The summed E-state index contributed by atoms with van der Waals surface area (Å²) in [5, 5.41) is 4.19. The molecule has 4 aromatic rings. The lowest BCUT2D eigenvalue weighted by Crippen LogP contribution is -2.27. The van der Waals surface area contributed by atoms with Gasteiger partial charge in [0.2, 0.25) is 5.91 Å². The van der Waals surface area contributed by atoms with Crippen molar-refractivity contribution < 1.29 is 19.0 Å². The second-order valence-electron chi connectivity index (χ2n) is 8.08. The first-order valence-corrected chi connectivity index (χ1v) is 11.3. The second kappa shape index (κ2) is 10.8. The lowest BCUT2D eigenvalue weighted by molar-refractivity contribution is -0.121. The van der Waals surface area contributed by atoms with Crippen LogP contribution in [-0.4, -0.2) is 38.8 Å². The first-order chi connectivity index (χ1) is 16.6. The van der Waals surface area contributed by atoms with Gasteiger partial charge in [-0.3, -0.25) is 4.79 Å². The molecular weight excluding hydrogens is 428 g/mol. The average molecular weight is 459 g/mol. The number of carbonyl (C=O) groups excluding carboxylic acids is 1. The Morgan fingerprint density at radius 3 is 2.38 bits per heavy atom. The van der Waals surface area contributed by atoms with Gasteiger partial charge in [-0.1, -0.05) is 42.5 Å². The molecule has 1 aromatic heterocycles. The van der Waals surface area contributed by atoms with E-state index >= 15 is 0 Å². The van der Waals surface area contributed by atoms with E-state index in [0.717, 1.165) is 33.3 Å². The molecule has 0 spiro atoms. The third kappa shape index (κ3) is 5.01. The van der Waals surface area contributed by atoms with Gasteiger partial charge in [0.1, 0.15) is 5.75 Å². The molecule has 6 heteroatoms. The van der Waals surface area contributed by atoms with Crippen LogP contribution in [0.2, 0.25) is 0 Å². The molecule has 0 aliphatic rings. The third-order valence-corrected chi connectivity index (χ3v) is 6.08. The number of fused-ring (bicyclic) bond motifs is 1. The Labute approximate surface area is 199 Å². The fraction of sp³-hybridized carbons (Fsp3) is 0.250. The fourth-order valence-corrected chi connectivity index (χ4v) is 4.36. The Morgan fingerprint density at radius 1 is 0.853 bits per heavy atom. The van der Waals surface area contributed by atoms with Crippen LogP contribution in [0.15, 0.2) is 72.9 Å². The standard InChI is InChI=1S/C28H30N2O4/c1-32-25-11-7-5-9-21(25)22(23-18-30-24-10-6-4-8-20(23)24)17-28(31)29-15-14-19-12-13-26(33-2)27(16-19)34-3/h4-13,16,18,22,30H,14-15,17H2,1-3H3,(H,29,31). The maximum atomic E-state index is 13.1. The van der Waals surface area contributed by atoms with E-state index in [1.54, 1.807) is 21.3 Å². The van der Waals surface area contributed by atoms with E-state index in [1.165, 1.54) is 0 Å². The summed E-state index contributed by atoms with van der Waals surface area (Å²) in [5.74, 6) is 1.99. The highest BCUT2D eigenvalue weighted by Gasteiger charge is 2.24. The molecular formula is C28H30N2O4. The van der Waals surface area contributed by atoms with E-state index in [2.05, 4.69) is 16.4 Å².